The van der Waals surface area contributed by atoms with E-state index in [0.29, 0.717) is 14.9 Å². The molecule has 0 atom stereocenters. The molecule has 0 bridgehead atoms. The number of esters is 1. The van der Waals surface area contributed by atoms with Crippen LogP contribution >= 0.6 is 27.3 Å². The normalized spacial score (nSPS) is 10.4. The van der Waals surface area contributed by atoms with Gasteiger partial charge in [0.1, 0.15) is 15.2 Å². The molecule has 6 heteroatoms. The van der Waals surface area contributed by atoms with E-state index in [1.165, 1.54) is 18.4 Å². The van der Waals surface area contributed by atoms with E-state index in [9.17, 15) is 4.79 Å². The van der Waals surface area contributed by atoms with Gasteiger partial charge in [0, 0.05) is 12.4 Å². The second-order valence-electron chi connectivity index (χ2n) is 2.45. The smallest absolute Gasteiger partial charge is 0.349 e. The maximum absolute atomic E-state index is 11.3. The quantitative estimate of drug-likeness (QED) is 0.748. The minimum atomic E-state index is -0.373. The molecule has 14 heavy (non-hydrogen) atoms. The molecule has 0 fully saturated rings. The van der Waals surface area contributed by atoms with Crippen molar-refractivity contribution >= 4 is 43.6 Å². The van der Waals surface area contributed by atoms with Crippen molar-refractivity contribution in [1.82, 2.24) is 9.97 Å². The van der Waals surface area contributed by atoms with Crippen LogP contribution < -0.4 is 0 Å². The Morgan fingerprint density at radius 1 is 1.50 bits per heavy atom. The highest BCUT2D eigenvalue weighted by molar-refractivity contribution is 9.10. The van der Waals surface area contributed by atoms with Crippen LogP contribution in [0, 0.1) is 0 Å². The lowest BCUT2D eigenvalue weighted by atomic mass is 10.4. The third-order valence-electron chi connectivity index (χ3n) is 1.64. The first-order chi connectivity index (χ1) is 6.74. The lowest BCUT2D eigenvalue weighted by Crippen LogP contribution is -1.98. The van der Waals surface area contributed by atoms with Crippen LogP contribution in [-0.4, -0.2) is 23.0 Å². The van der Waals surface area contributed by atoms with Gasteiger partial charge in [-0.25, -0.2) is 9.78 Å². The molecule has 0 aliphatic rings. The molecule has 0 N–H and O–H groups in total. The molecule has 0 spiro atoms. The Hall–Kier alpha value is -1.01. The van der Waals surface area contributed by atoms with Crippen LogP contribution in [0.3, 0.4) is 0 Å². The van der Waals surface area contributed by atoms with Crippen molar-refractivity contribution in [3.8, 4) is 0 Å². The number of fused-ring (bicyclic) bond motifs is 1. The Kier molecular flexibility index (Phi) is 2.47. The monoisotopic (exact) mass is 272 g/mol. The largest absolute Gasteiger partial charge is 0.465 e. The molecule has 0 unspecified atom stereocenters. The van der Waals surface area contributed by atoms with Gasteiger partial charge < -0.3 is 4.74 Å². The van der Waals surface area contributed by atoms with Gasteiger partial charge in [0.15, 0.2) is 0 Å². The number of nitrogens with zero attached hydrogens (tertiary/aromatic N) is 2. The van der Waals surface area contributed by atoms with Crippen LogP contribution in [0.2, 0.25) is 0 Å². The highest BCUT2D eigenvalue weighted by Gasteiger charge is 2.18. The first-order valence-corrected chi connectivity index (χ1v) is 5.32. The van der Waals surface area contributed by atoms with Crippen LogP contribution in [0.1, 0.15) is 9.67 Å². The molecular formula is C8H5BrN2O2S. The predicted molar refractivity (Wildman–Crippen MR) is 56.5 cm³/mol. The summed E-state index contributed by atoms with van der Waals surface area (Å²) >= 11 is 4.56. The predicted octanol–water partition coefficient (Wildman–Crippen LogP) is 2.24. The molecule has 2 aromatic rings. The Labute approximate surface area is 92.1 Å². The minimum absolute atomic E-state index is 0.373. The van der Waals surface area contributed by atoms with E-state index in [4.69, 9.17) is 0 Å². The Morgan fingerprint density at radius 2 is 2.21 bits per heavy atom. The summed E-state index contributed by atoms with van der Waals surface area (Å²) in [7, 11) is 1.35. The van der Waals surface area contributed by atoms with Gasteiger partial charge in [-0.1, -0.05) is 0 Å². The average molecular weight is 273 g/mol. The zero-order chi connectivity index (χ0) is 10.1. The number of methoxy groups -OCH3 is 1. The van der Waals surface area contributed by atoms with Gasteiger partial charge >= 0.3 is 5.97 Å². The number of aromatic nitrogens is 2. The van der Waals surface area contributed by atoms with Gasteiger partial charge in [0.05, 0.1) is 11.6 Å². The van der Waals surface area contributed by atoms with Crippen LogP contribution in [0.4, 0.5) is 0 Å². The lowest BCUT2D eigenvalue weighted by Gasteiger charge is -1.93. The second-order valence-corrected chi connectivity index (χ2v) is 4.24. The molecule has 0 amide bonds. The Balaban J connectivity index is 2.68. The average Bonchev–Trinajstić information content (AvgIpc) is 2.56. The summed E-state index contributed by atoms with van der Waals surface area (Å²) in [6.45, 7) is 0. The minimum Gasteiger partial charge on any atom is -0.465 e. The van der Waals surface area contributed by atoms with Gasteiger partial charge in [-0.2, -0.15) is 0 Å². The van der Waals surface area contributed by atoms with Gasteiger partial charge in [-0.3, -0.25) is 4.98 Å². The number of hydrogen-bond donors (Lipinski definition) is 0. The van der Waals surface area contributed by atoms with Gasteiger partial charge in [-0.15, -0.1) is 11.3 Å². The van der Waals surface area contributed by atoms with Crippen molar-refractivity contribution < 1.29 is 9.53 Å². The van der Waals surface area contributed by atoms with Crippen LogP contribution in [-0.2, 0) is 4.74 Å². The number of ether oxygens (including phenoxy) is 1. The molecule has 2 rings (SSSR count). The summed E-state index contributed by atoms with van der Waals surface area (Å²) in [4.78, 5) is 20.7. The number of thiophene rings is 1. The summed E-state index contributed by atoms with van der Waals surface area (Å²) in [6.07, 6.45) is 3.17. The van der Waals surface area contributed by atoms with Crippen molar-refractivity contribution in [1.29, 1.82) is 0 Å². The molecule has 0 aliphatic heterocycles. The molecular weight excluding hydrogens is 268 g/mol. The molecule has 2 aromatic heterocycles. The van der Waals surface area contributed by atoms with E-state index in [1.54, 1.807) is 12.4 Å². The molecule has 0 aromatic carbocycles. The molecule has 0 aliphatic carbocycles. The number of carbonyl (C=O) groups excluding carboxylic acids is 1. The van der Waals surface area contributed by atoms with Crippen molar-refractivity contribution in [2.45, 2.75) is 0 Å². The summed E-state index contributed by atoms with van der Waals surface area (Å²) in [5.41, 5.74) is 0.693. The molecule has 0 saturated carbocycles. The SMILES string of the molecule is COC(=O)c1sc2nccnc2c1Br. The summed E-state index contributed by atoms with van der Waals surface area (Å²) in [6, 6.07) is 0. The van der Waals surface area contributed by atoms with E-state index >= 15 is 0 Å². The zero-order valence-electron chi connectivity index (χ0n) is 7.15. The molecule has 4 nitrogen and oxygen atoms in total. The molecule has 72 valence electrons. The highest BCUT2D eigenvalue weighted by Crippen LogP contribution is 2.32. The van der Waals surface area contributed by atoms with E-state index in [1.807, 2.05) is 0 Å². The van der Waals surface area contributed by atoms with Crippen LogP contribution in [0.25, 0.3) is 10.3 Å². The topological polar surface area (TPSA) is 52.1 Å². The van der Waals surface area contributed by atoms with Crippen LogP contribution in [0.5, 0.6) is 0 Å². The number of halogens is 1. The van der Waals surface area contributed by atoms with E-state index in [0.717, 1.165) is 4.83 Å². The first-order valence-electron chi connectivity index (χ1n) is 3.71. The maximum atomic E-state index is 11.3. The Morgan fingerprint density at radius 3 is 2.86 bits per heavy atom. The third-order valence-corrected chi connectivity index (χ3v) is 3.74. The number of hydrogen-bond acceptors (Lipinski definition) is 5. The lowest BCUT2D eigenvalue weighted by molar-refractivity contribution is 0.0605. The summed E-state index contributed by atoms with van der Waals surface area (Å²) in [5, 5.41) is 0. The number of carbonyl (C=O) groups is 1. The van der Waals surface area contributed by atoms with Crippen molar-refractivity contribution in [3.05, 3.63) is 21.7 Å². The first kappa shape index (κ1) is 9.54. The standard InChI is InChI=1S/C8H5BrN2O2S/c1-13-8(12)6-4(9)5-7(14-6)11-3-2-10-5/h2-3H,1H3. The second kappa shape index (κ2) is 3.62. The fourth-order valence-corrected chi connectivity index (χ4v) is 2.76. The Bertz CT molecular complexity index is 497. The van der Waals surface area contributed by atoms with E-state index in [-0.39, 0.29) is 5.97 Å². The van der Waals surface area contributed by atoms with Crippen LogP contribution in [0.15, 0.2) is 16.9 Å². The molecule has 0 radical (unpaired) electrons. The third kappa shape index (κ3) is 1.40. The van der Waals surface area contributed by atoms with E-state index < -0.39 is 0 Å². The van der Waals surface area contributed by atoms with E-state index in [2.05, 4.69) is 30.6 Å². The van der Waals surface area contributed by atoms with Gasteiger partial charge in [0.2, 0.25) is 0 Å². The molecule has 0 saturated heterocycles. The molecule has 2 heterocycles. The zero-order valence-corrected chi connectivity index (χ0v) is 9.55. The maximum Gasteiger partial charge on any atom is 0.349 e. The fraction of sp³-hybridized carbons (Fsp3) is 0.125. The number of rotatable bonds is 1. The fourth-order valence-electron chi connectivity index (χ4n) is 1.02. The van der Waals surface area contributed by atoms with Crippen molar-refractivity contribution in [3.63, 3.8) is 0 Å². The highest BCUT2D eigenvalue weighted by atomic mass is 79.9. The van der Waals surface area contributed by atoms with Crippen molar-refractivity contribution in [2.75, 3.05) is 7.11 Å². The summed E-state index contributed by atoms with van der Waals surface area (Å²) < 4.78 is 5.28. The van der Waals surface area contributed by atoms with Gasteiger partial charge in [0.25, 0.3) is 0 Å². The van der Waals surface area contributed by atoms with Crippen molar-refractivity contribution in [2.24, 2.45) is 0 Å². The van der Waals surface area contributed by atoms with Gasteiger partial charge in [-0.05, 0) is 15.9 Å². The summed E-state index contributed by atoms with van der Waals surface area (Å²) in [5.74, 6) is -0.373.